The van der Waals surface area contributed by atoms with Crippen molar-refractivity contribution in [2.24, 2.45) is 0 Å². The summed E-state index contributed by atoms with van der Waals surface area (Å²) in [5, 5.41) is 8.92. The minimum Gasteiger partial charge on any atom is -0.385 e. The van der Waals surface area contributed by atoms with Gasteiger partial charge in [-0.05, 0) is 28.6 Å². The van der Waals surface area contributed by atoms with Crippen LogP contribution in [0, 0.1) is 0 Å². The maximum absolute atomic E-state index is 3.61. The second-order valence-corrected chi connectivity index (χ2v) is 5.67. The first-order valence-electron chi connectivity index (χ1n) is 8.04. The molecule has 0 fully saturated rings. The molecule has 3 rings (SSSR count). The predicted molar refractivity (Wildman–Crippen MR) is 94.1 cm³/mol. The highest BCUT2D eigenvalue weighted by atomic mass is 14.9. The number of rotatable bonds is 6. The van der Waals surface area contributed by atoms with Crippen LogP contribution in [0.15, 0.2) is 54.6 Å². The fraction of sp³-hybridized carbons (Fsp3) is 0.300. The number of anilines is 1. The standard InChI is InChI=1S/C20H23N/c1-2-3-4-7-15-21-20-12-8-11-18-17-10-6-5-9-16(17)13-14-19(18)20/h5-6,8-14,21H,2-4,7,15H2,1H3. The molecule has 0 unspecified atom stereocenters. The van der Waals surface area contributed by atoms with Crippen LogP contribution in [0.4, 0.5) is 5.69 Å². The molecular formula is C20H23N. The number of benzene rings is 3. The molecule has 21 heavy (non-hydrogen) atoms. The number of nitrogens with one attached hydrogen (secondary N) is 1. The molecule has 3 aromatic carbocycles. The van der Waals surface area contributed by atoms with E-state index >= 15 is 0 Å². The minimum absolute atomic E-state index is 1.06. The summed E-state index contributed by atoms with van der Waals surface area (Å²) in [5.74, 6) is 0. The van der Waals surface area contributed by atoms with Gasteiger partial charge in [0.2, 0.25) is 0 Å². The third-order valence-electron chi connectivity index (χ3n) is 4.13. The smallest absolute Gasteiger partial charge is 0.0420 e. The molecule has 1 nitrogen and oxygen atoms in total. The van der Waals surface area contributed by atoms with Crippen LogP contribution >= 0.6 is 0 Å². The van der Waals surface area contributed by atoms with Crippen molar-refractivity contribution in [3.05, 3.63) is 54.6 Å². The number of hydrogen-bond donors (Lipinski definition) is 1. The van der Waals surface area contributed by atoms with Crippen LogP contribution in [-0.2, 0) is 0 Å². The largest absolute Gasteiger partial charge is 0.385 e. The lowest BCUT2D eigenvalue weighted by Crippen LogP contribution is -2.01. The van der Waals surface area contributed by atoms with Gasteiger partial charge in [0.15, 0.2) is 0 Å². The molecule has 1 N–H and O–H groups in total. The average Bonchev–Trinajstić information content (AvgIpc) is 2.54. The van der Waals surface area contributed by atoms with Crippen molar-refractivity contribution in [1.29, 1.82) is 0 Å². The van der Waals surface area contributed by atoms with Crippen molar-refractivity contribution < 1.29 is 0 Å². The van der Waals surface area contributed by atoms with Crippen molar-refractivity contribution in [2.45, 2.75) is 32.6 Å². The van der Waals surface area contributed by atoms with Crippen LogP contribution in [-0.4, -0.2) is 6.54 Å². The Morgan fingerprint density at radius 1 is 0.714 bits per heavy atom. The Balaban J connectivity index is 1.88. The molecule has 1 heteroatoms. The van der Waals surface area contributed by atoms with Gasteiger partial charge in [-0.25, -0.2) is 0 Å². The molecule has 0 heterocycles. The Kier molecular flexibility index (Phi) is 4.40. The van der Waals surface area contributed by atoms with Crippen LogP contribution in [0.5, 0.6) is 0 Å². The summed E-state index contributed by atoms with van der Waals surface area (Å²) in [6, 6.07) is 19.6. The van der Waals surface area contributed by atoms with Crippen LogP contribution in [0.1, 0.15) is 32.6 Å². The summed E-state index contributed by atoms with van der Waals surface area (Å²) in [7, 11) is 0. The van der Waals surface area contributed by atoms with E-state index in [0.717, 1.165) is 6.54 Å². The molecule has 0 aliphatic rings. The van der Waals surface area contributed by atoms with Gasteiger partial charge in [0.25, 0.3) is 0 Å². The van der Waals surface area contributed by atoms with E-state index in [1.54, 1.807) is 0 Å². The molecule has 0 saturated carbocycles. The minimum atomic E-state index is 1.06. The number of fused-ring (bicyclic) bond motifs is 3. The third-order valence-corrected chi connectivity index (χ3v) is 4.13. The van der Waals surface area contributed by atoms with Gasteiger partial charge >= 0.3 is 0 Å². The average molecular weight is 277 g/mol. The van der Waals surface area contributed by atoms with E-state index in [-0.39, 0.29) is 0 Å². The van der Waals surface area contributed by atoms with Crippen LogP contribution in [0.25, 0.3) is 21.5 Å². The summed E-state index contributed by atoms with van der Waals surface area (Å²) in [6.45, 7) is 3.31. The summed E-state index contributed by atoms with van der Waals surface area (Å²) in [5.41, 5.74) is 1.26. The molecule has 0 aliphatic heterocycles. The van der Waals surface area contributed by atoms with Crippen LogP contribution in [0.2, 0.25) is 0 Å². The zero-order valence-corrected chi connectivity index (χ0v) is 12.7. The predicted octanol–water partition coefficient (Wildman–Crippen LogP) is 5.99. The van der Waals surface area contributed by atoms with E-state index in [2.05, 4.69) is 66.8 Å². The van der Waals surface area contributed by atoms with E-state index in [0.29, 0.717) is 0 Å². The van der Waals surface area contributed by atoms with Gasteiger partial charge in [-0.2, -0.15) is 0 Å². The van der Waals surface area contributed by atoms with Gasteiger partial charge in [-0.15, -0.1) is 0 Å². The molecule has 0 spiro atoms. The lowest BCUT2D eigenvalue weighted by Gasteiger charge is -2.11. The molecular weight excluding hydrogens is 254 g/mol. The molecule has 0 amide bonds. The van der Waals surface area contributed by atoms with Crippen molar-refractivity contribution in [1.82, 2.24) is 0 Å². The molecule has 0 atom stereocenters. The first-order chi connectivity index (χ1) is 10.4. The Bertz CT molecular complexity index is 730. The number of unbranched alkanes of at least 4 members (excludes halogenated alkanes) is 3. The fourth-order valence-electron chi connectivity index (χ4n) is 2.97. The molecule has 0 radical (unpaired) electrons. The summed E-state index contributed by atoms with van der Waals surface area (Å²) in [6.07, 6.45) is 5.19. The zero-order chi connectivity index (χ0) is 14.5. The topological polar surface area (TPSA) is 12.0 Å². The van der Waals surface area contributed by atoms with Gasteiger partial charge in [0.1, 0.15) is 0 Å². The van der Waals surface area contributed by atoms with Gasteiger partial charge in [0, 0.05) is 17.6 Å². The van der Waals surface area contributed by atoms with E-state index < -0.39 is 0 Å². The second-order valence-electron chi connectivity index (χ2n) is 5.67. The SMILES string of the molecule is CCCCCCNc1cccc2c1ccc1ccccc12. The first kappa shape index (κ1) is 13.9. The Morgan fingerprint density at radius 3 is 2.48 bits per heavy atom. The van der Waals surface area contributed by atoms with Gasteiger partial charge in [-0.1, -0.05) is 74.7 Å². The van der Waals surface area contributed by atoms with Gasteiger partial charge < -0.3 is 5.32 Å². The Hall–Kier alpha value is -2.02. The molecule has 0 aliphatic carbocycles. The molecule has 0 aromatic heterocycles. The molecule has 108 valence electrons. The normalized spacial score (nSPS) is 11.1. The highest BCUT2D eigenvalue weighted by Gasteiger charge is 2.03. The van der Waals surface area contributed by atoms with Gasteiger partial charge in [-0.3, -0.25) is 0 Å². The van der Waals surface area contributed by atoms with E-state index in [1.807, 2.05) is 0 Å². The fourth-order valence-corrected chi connectivity index (χ4v) is 2.97. The summed E-state index contributed by atoms with van der Waals surface area (Å²) >= 11 is 0. The maximum atomic E-state index is 3.61. The van der Waals surface area contributed by atoms with Crippen molar-refractivity contribution in [2.75, 3.05) is 11.9 Å². The van der Waals surface area contributed by atoms with Crippen molar-refractivity contribution in [3.63, 3.8) is 0 Å². The quantitative estimate of drug-likeness (QED) is 0.431. The summed E-state index contributed by atoms with van der Waals surface area (Å²) < 4.78 is 0. The molecule has 0 saturated heterocycles. The van der Waals surface area contributed by atoms with Crippen molar-refractivity contribution >= 4 is 27.2 Å². The first-order valence-corrected chi connectivity index (χ1v) is 8.04. The third kappa shape index (κ3) is 3.02. The van der Waals surface area contributed by atoms with E-state index in [4.69, 9.17) is 0 Å². The Morgan fingerprint density at radius 2 is 1.57 bits per heavy atom. The zero-order valence-electron chi connectivity index (χ0n) is 12.7. The highest BCUT2D eigenvalue weighted by Crippen LogP contribution is 2.30. The number of hydrogen-bond acceptors (Lipinski definition) is 1. The van der Waals surface area contributed by atoms with Crippen molar-refractivity contribution in [3.8, 4) is 0 Å². The monoisotopic (exact) mass is 277 g/mol. The van der Waals surface area contributed by atoms with E-state index in [9.17, 15) is 0 Å². The highest BCUT2D eigenvalue weighted by molar-refractivity contribution is 6.11. The Labute approximate surface area is 127 Å². The van der Waals surface area contributed by atoms with Crippen LogP contribution in [0.3, 0.4) is 0 Å². The molecule has 3 aromatic rings. The lowest BCUT2D eigenvalue weighted by molar-refractivity contribution is 0.685. The lowest BCUT2D eigenvalue weighted by atomic mass is 10.0. The van der Waals surface area contributed by atoms with E-state index in [1.165, 1.54) is 52.9 Å². The van der Waals surface area contributed by atoms with Crippen LogP contribution < -0.4 is 5.32 Å². The second kappa shape index (κ2) is 6.62. The maximum Gasteiger partial charge on any atom is 0.0420 e. The summed E-state index contributed by atoms with van der Waals surface area (Å²) in [4.78, 5) is 0. The molecule has 0 bridgehead atoms. The van der Waals surface area contributed by atoms with Gasteiger partial charge in [0.05, 0.1) is 0 Å².